The number of nitrogens with one attached hydrogen (secondary N) is 2. The maximum absolute atomic E-state index is 9.28. The van der Waals surface area contributed by atoms with Gasteiger partial charge in [0.15, 0.2) is 0 Å². The summed E-state index contributed by atoms with van der Waals surface area (Å²) in [5.74, 6) is -6.50. The monoisotopic (exact) mass is 726 g/mol. The number of carboxylic acids is 4. The third-order valence-corrected chi connectivity index (χ3v) is 1.43. The normalized spacial score (nSPS) is 7.12. The molecule has 0 aliphatic carbocycles. The van der Waals surface area contributed by atoms with Gasteiger partial charge in [-0.25, -0.2) is 0 Å². The van der Waals surface area contributed by atoms with Crippen molar-refractivity contribution in [2.75, 3.05) is 13.1 Å². The number of hydrogen-bond acceptors (Lipinski definition) is 8. The summed E-state index contributed by atoms with van der Waals surface area (Å²) in [4.78, 5) is 37.1. The molecular weight excluding hydrogens is 706 g/mol. The second-order valence-electron chi connectivity index (χ2n) is 3.40. The average molecular weight is 726 g/mol. The van der Waals surface area contributed by atoms with Crippen LogP contribution in [-0.2, 0) is 61.3 Å². The second kappa shape index (κ2) is 34.4. The number of aliphatic carboxylic acids is 4. The van der Waals surface area contributed by atoms with Crippen LogP contribution >= 0.6 is 0 Å². The Morgan fingerprint density at radius 2 is 0.760 bits per heavy atom. The van der Waals surface area contributed by atoms with E-state index in [2.05, 4.69) is 0 Å². The Balaban J connectivity index is -0.0000000360. The molecule has 12 nitrogen and oxygen atoms in total. The van der Waals surface area contributed by atoms with Crippen LogP contribution in [0.5, 0.6) is 0 Å². The van der Waals surface area contributed by atoms with E-state index < -0.39 is 36.7 Å². The van der Waals surface area contributed by atoms with Gasteiger partial charge in [-0.05, 0) is 0 Å². The van der Waals surface area contributed by atoms with Crippen molar-refractivity contribution >= 4 is 23.9 Å². The summed E-state index contributed by atoms with van der Waals surface area (Å²) in [5.41, 5.74) is 13.4. The number of carboxylic acid groups (broad SMARTS) is 4. The molecule has 0 amide bonds. The van der Waals surface area contributed by atoms with E-state index in [-0.39, 0.29) is 54.4 Å². The molecule has 0 aliphatic rings. The van der Waals surface area contributed by atoms with E-state index in [1.165, 1.54) is 0 Å². The fraction of sp³-hybridized carbons (Fsp3) is 0.636. The minimum Gasteiger partial charge on any atom is -0.693 e. The van der Waals surface area contributed by atoms with Crippen molar-refractivity contribution in [2.24, 2.45) is 0 Å². The third kappa shape index (κ3) is 83.5. The topological polar surface area (TPSA) is 275 Å². The van der Waals surface area contributed by atoms with Crippen LogP contribution < -0.4 is 20.4 Å². The summed E-state index contributed by atoms with van der Waals surface area (Å²) in [7, 11) is 0. The fourth-order valence-corrected chi connectivity index (χ4v) is 0.662. The Labute approximate surface area is 174 Å². The quantitative estimate of drug-likeness (QED) is 0.189. The Hall–Kier alpha value is -0.903. The van der Waals surface area contributed by atoms with Gasteiger partial charge >= 0.3 is 42.1 Å². The first-order valence-electron chi connectivity index (χ1n) is 5.75. The Kier molecular flexibility index (Phi) is 60.6. The molecule has 0 fully saturated rings. The van der Waals surface area contributed by atoms with E-state index in [4.69, 9.17) is 11.5 Å². The van der Waals surface area contributed by atoms with E-state index in [9.17, 15) is 39.6 Å². The zero-order valence-corrected chi connectivity index (χ0v) is 17.5. The number of unbranched alkanes of at least 4 members (excludes halogenated alkanes) is 2. The SMILES string of the molecule is O=C([O-])CC(=O)[O-].O=C([O-])CC(=O)[O-].[NH-]CCCCC[NH-].[NH2-].[NH2-].[Pt+4].[Pt+4]. The van der Waals surface area contributed by atoms with Crippen LogP contribution in [0.3, 0.4) is 0 Å². The standard InChI is InChI=1S/C5H12N2.2C3H4O4.2H2N.2Pt/c6-4-2-1-3-5-7;2*4-2(5)1-3(6)7;;;;/h6-7H,1-5H2;2*1H2,(H,4,5)(H,6,7);2*1H2;;/q-2;;;2*-1;2*+4/p-4. The molecule has 0 aromatic heterocycles. The number of hydrogen-bond donors (Lipinski definition) is 0. The van der Waals surface area contributed by atoms with Gasteiger partial charge in [-0.1, -0.05) is 19.3 Å². The van der Waals surface area contributed by atoms with Crippen molar-refractivity contribution in [3.05, 3.63) is 23.8 Å². The van der Waals surface area contributed by atoms with Crippen LogP contribution in [0.2, 0.25) is 0 Å². The first-order chi connectivity index (χ1) is 9.67. The molecule has 25 heavy (non-hydrogen) atoms. The third-order valence-electron chi connectivity index (χ3n) is 1.43. The summed E-state index contributed by atoms with van der Waals surface area (Å²) < 4.78 is 0. The summed E-state index contributed by atoms with van der Waals surface area (Å²) in [6.45, 7) is 1.06. The van der Waals surface area contributed by atoms with Crippen LogP contribution in [0.4, 0.5) is 0 Å². The minimum absolute atomic E-state index is 0. The molecule has 0 rings (SSSR count). The van der Waals surface area contributed by atoms with Gasteiger partial charge in [-0.2, -0.15) is 13.1 Å². The smallest absolute Gasteiger partial charge is 0.693 e. The molecule has 0 bridgehead atoms. The number of rotatable bonds is 8. The number of carbonyl (C=O) groups excluding carboxylic acids is 4. The van der Waals surface area contributed by atoms with Crippen molar-refractivity contribution in [2.45, 2.75) is 32.1 Å². The van der Waals surface area contributed by atoms with E-state index in [0.29, 0.717) is 13.1 Å². The van der Waals surface area contributed by atoms with Gasteiger partial charge in [0.25, 0.3) is 0 Å². The second-order valence-corrected chi connectivity index (χ2v) is 3.40. The molecule has 0 aliphatic heterocycles. The Bertz CT molecular complexity index is 281. The molecule has 0 unspecified atom stereocenters. The molecule has 0 saturated carbocycles. The summed E-state index contributed by atoms with van der Waals surface area (Å²) >= 11 is 0. The predicted octanol–water partition coefficient (Wildman–Crippen LogP) is -2.56. The van der Waals surface area contributed by atoms with Gasteiger partial charge < -0.3 is 63.4 Å². The molecule has 14 heteroatoms. The zero-order valence-electron chi connectivity index (χ0n) is 13.0. The molecular formula is C11H20N4O8Pt2. The van der Waals surface area contributed by atoms with Gasteiger partial charge in [-0.15, -0.1) is 0 Å². The van der Waals surface area contributed by atoms with Crippen molar-refractivity contribution in [1.29, 1.82) is 0 Å². The first-order valence-corrected chi connectivity index (χ1v) is 5.75. The molecule has 0 atom stereocenters. The molecule has 0 heterocycles. The molecule has 0 radical (unpaired) electrons. The van der Waals surface area contributed by atoms with Crippen LogP contribution in [0.25, 0.3) is 23.8 Å². The molecule has 0 aromatic rings. The average Bonchev–Trinajstić information content (AvgIpc) is 2.27. The van der Waals surface area contributed by atoms with E-state index in [1.54, 1.807) is 0 Å². The van der Waals surface area contributed by atoms with Crippen LogP contribution in [0.15, 0.2) is 0 Å². The predicted molar refractivity (Wildman–Crippen MR) is 72.1 cm³/mol. The Morgan fingerprint density at radius 3 is 0.840 bits per heavy atom. The van der Waals surface area contributed by atoms with Crippen molar-refractivity contribution < 1.29 is 81.7 Å². The van der Waals surface area contributed by atoms with Gasteiger partial charge in [0.2, 0.25) is 0 Å². The van der Waals surface area contributed by atoms with E-state index in [1.807, 2.05) is 0 Å². The van der Waals surface area contributed by atoms with Gasteiger partial charge in [0.05, 0.1) is 0 Å². The summed E-state index contributed by atoms with van der Waals surface area (Å²) in [5, 5.41) is 37.1. The molecule has 0 spiro atoms. The van der Waals surface area contributed by atoms with Crippen molar-refractivity contribution in [3.8, 4) is 0 Å². The van der Waals surface area contributed by atoms with Crippen LogP contribution in [0, 0.1) is 0 Å². The Morgan fingerprint density at radius 1 is 0.560 bits per heavy atom. The summed E-state index contributed by atoms with van der Waals surface area (Å²) in [6, 6.07) is 0. The first kappa shape index (κ1) is 44.0. The molecule has 0 saturated heterocycles. The minimum atomic E-state index is -1.63. The van der Waals surface area contributed by atoms with Crippen LogP contribution in [0.1, 0.15) is 32.1 Å². The zero-order chi connectivity index (χ0) is 17.3. The maximum Gasteiger partial charge on any atom is 4.00 e. The summed E-state index contributed by atoms with van der Waals surface area (Å²) in [6.07, 6.45) is 0.949. The van der Waals surface area contributed by atoms with E-state index in [0.717, 1.165) is 19.3 Å². The van der Waals surface area contributed by atoms with Gasteiger partial charge in [-0.3, -0.25) is 0 Å². The number of nitrogens with two attached hydrogens (primary N) is 2. The largest absolute Gasteiger partial charge is 4.00 e. The van der Waals surface area contributed by atoms with Gasteiger partial charge in [0, 0.05) is 36.7 Å². The van der Waals surface area contributed by atoms with Crippen molar-refractivity contribution in [1.82, 2.24) is 0 Å². The molecule has 152 valence electrons. The van der Waals surface area contributed by atoms with E-state index >= 15 is 0 Å². The number of carbonyl (C=O) groups is 4. The van der Waals surface area contributed by atoms with Crippen LogP contribution in [-0.4, -0.2) is 37.0 Å². The van der Waals surface area contributed by atoms with Gasteiger partial charge in [0.1, 0.15) is 0 Å². The van der Waals surface area contributed by atoms with Crippen molar-refractivity contribution in [3.63, 3.8) is 0 Å². The molecule has 6 N–H and O–H groups in total. The fourth-order valence-electron chi connectivity index (χ4n) is 0.662. The maximum atomic E-state index is 9.28. The molecule has 0 aromatic carbocycles.